The molecule has 0 bridgehead atoms. The fourth-order valence-corrected chi connectivity index (χ4v) is 4.50. The second kappa shape index (κ2) is 10.6. The predicted molar refractivity (Wildman–Crippen MR) is 145 cm³/mol. The molecule has 0 radical (unpaired) electrons. The summed E-state index contributed by atoms with van der Waals surface area (Å²) in [7, 11) is 0. The van der Waals surface area contributed by atoms with Gasteiger partial charge in [0.05, 0.1) is 11.1 Å². The van der Waals surface area contributed by atoms with Crippen molar-refractivity contribution in [3.8, 4) is 0 Å². The highest BCUT2D eigenvalue weighted by atomic mass is 19.4. The van der Waals surface area contributed by atoms with Crippen molar-refractivity contribution < 1.29 is 27.2 Å². The Morgan fingerprint density at radius 1 is 1.00 bits per heavy atom. The molecule has 0 spiro atoms. The van der Waals surface area contributed by atoms with Crippen LogP contribution in [0.1, 0.15) is 51.4 Å². The van der Waals surface area contributed by atoms with Crippen molar-refractivity contribution in [2.75, 3.05) is 10.6 Å². The van der Waals surface area contributed by atoms with Crippen LogP contribution in [-0.2, 0) is 11.0 Å². The van der Waals surface area contributed by atoms with Gasteiger partial charge >= 0.3 is 6.18 Å². The third kappa shape index (κ3) is 5.88. The minimum atomic E-state index is -4.71. The number of aromatic nitrogens is 1. The molecule has 0 saturated heterocycles. The first-order valence-corrected chi connectivity index (χ1v) is 12.6. The van der Waals surface area contributed by atoms with Crippen LogP contribution in [0, 0.1) is 18.7 Å². The summed E-state index contributed by atoms with van der Waals surface area (Å²) in [6.45, 7) is 6.05. The Labute approximate surface area is 228 Å². The highest BCUT2D eigenvalue weighted by Gasteiger charge is 2.32. The van der Waals surface area contributed by atoms with E-state index in [1.807, 2.05) is 37.3 Å². The van der Waals surface area contributed by atoms with E-state index < -0.39 is 29.0 Å². The summed E-state index contributed by atoms with van der Waals surface area (Å²) in [4.78, 5) is 29.2. The van der Waals surface area contributed by atoms with Crippen molar-refractivity contribution in [3.63, 3.8) is 0 Å². The smallest absolute Gasteiger partial charge is 0.322 e. The summed E-state index contributed by atoms with van der Waals surface area (Å²) >= 11 is 0. The Balaban J connectivity index is 1.40. The molecule has 2 amide bonds. The van der Waals surface area contributed by atoms with Gasteiger partial charge in [-0.05, 0) is 90.1 Å². The first-order valence-electron chi connectivity index (χ1n) is 12.6. The van der Waals surface area contributed by atoms with E-state index in [1.165, 1.54) is 0 Å². The number of halogens is 4. The number of carbonyl (C=O) groups is 2. The quantitative estimate of drug-likeness (QED) is 0.315. The maximum Gasteiger partial charge on any atom is 0.416 e. The molecule has 2 aliphatic rings. The van der Waals surface area contributed by atoms with E-state index in [-0.39, 0.29) is 17.7 Å². The van der Waals surface area contributed by atoms with Gasteiger partial charge in [0, 0.05) is 23.7 Å². The summed E-state index contributed by atoms with van der Waals surface area (Å²) in [6.07, 6.45) is 4.46. The van der Waals surface area contributed by atoms with Gasteiger partial charge in [0.15, 0.2) is 0 Å². The third-order valence-electron chi connectivity index (χ3n) is 6.91. The number of rotatable bonds is 6. The van der Waals surface area contributed by atoms with Gasteiger partial charge in [-0.15, -0.1) is 0 Å². The lowest BCUT2D eigenvalue weighted by atomic mass is 9.84. The van der Waals surface area contributed by atoms with Crippen LogP contribution in [0.3, 0.4) is 0 Å². The first-order chi connectivity index (χ1) is 19.0. The highest BCUT2D eigenvalue weighted by Crippen LogP contribution is 2.37. The lowest BCUT2D eigenvalue weighted by Gasteiger charge is -2.21. The predicted octanol–water partition coefficient (Wildman–Crippen LogP) is 7.44. The number of carbonyl (C=O) groups excluding carboxylic acids is 2. The van der Waals surface area contributed by atoms with E-state index >= 15 is 0 Å². The number of allylic oxidation sites excluding steroid dienone is 5. The summed E-state index contributed by atoms with van der Waals surface area (Å²) in [5.41, 5.74) is 2.69. The van der Waals surface area contributed by atoms with Gasteiger partial charge in [-0.2, -0.15) is 13.2 Å². The minimum absolute atomic E-state index is 0.0391. The molecule has 40 heavy (non-hydrogen) atoms. The summed E-state index contributed by atoms with van der Waals surface area (Å²) in [5, 5.41) is 5.37. The number of amides is 2. The van der Waals surface area contributed by atoms with Gasteiger partial charge in [-0.25, -0.2) is 9.37 Å². The Morgan fingerprint density at radius 3 is 2.50 bits per heavy atom. The van der Waals surface area contributed by atoms with E-state index in [1.54, 1.807) is 24.4 Å². The molecule has 0 aliphatic heterocycles. The standard InChI is InChI=1S/C31H25F4N3O2/c1-17-3-5-20(13-24(17)21-11-12-36-28(14-21)38-29(39)19-6-7-19)25-16-23(9-4-18(25)2)37-30(40)26-15-22(31(33,34)35)8-10-27(26)32/h3-5,8-16,19,24H,1,6-7H2,2H3,(H,37,40)(H,36,38,39). The average molecular weight is 548 g/mol. The van der Waals surface area contributed by atoms with E-state index in [9.17, 15) is 27.2 Å². The maximum absolute atomic E-state index is 14.2. The molecule has 3 aromatic rings. The number of pyridine rings is 1. The van der Waals surface area contributed by atoms with Gasteiger partial charge in [0.1, 0.15) is 11.6 Å². The molecule has 5 nitrogen and oxygen atoms in total. The highest BCUT2D eigenvalue weighted by molar-refractivity contribution is 6.05. The number of hydrogen-bond acceptors (Lipinski definition) is 3. The molecule has 204 valence electrons. The topological polar surface area (TPSA) is 71.1 Å². The number of aryl methyl sites for hydroxylation is 1. The van der Waals surface area contributed by atoms with E-state index in [0.29, 0.717) is 29.7 Å². The van der Waals surface area contributed by atoms with E-state index in [0.717, 1.165) is 40.7 Å². The van der Waals surface area contributed by atoms with Crippen LogP contribution in [0.2, 0.25) is 0 Å². The molecule has 2 aliphatic carbocycles. The van der Waals surface area contributed by atoms with Crippen molar-refractivity contribution in [1.29, 1.82) is 0 Å². The number of benzene rings is 2. The Kier molecular flexibility index (Phi) is 7.14. The zero-order valence-electron chi connectivity index (χ0n) is 21.5. The second-order valence-electron chi connectivity index (χ2n) is 9.92. The van der Waals surface area contributed by atoms with Gasteiger partial charge in [0.2, 0.25) is 5.91 Å². The first kappa shape index (κ1) is 27.1. The van der Waals surface area contributed by atoms with Crippen LogP contribution in [0.5, 0.6) is 0 Å². The largest absolute Gasteiger partial charge is 0.416 e. The molecule has 2 aromatic carbocycles. The fourth-order valence-electron chi connectivity index (χ4n) is 4.50. The molecular formula is C31H25F4N3O2. The van der Waals surface area contributed by atoms with Gasteiger partial charge in [-0.3, -0.25) is 9.59 Å². The number of nitrogens with zero attached hydrogens (tertiary/aromatic N) is 1. The maximum atomic E-state index is 14.2. The molecule has 1 fully saturated rings. The molecule has 1 unspecified atom stereocenters. The Bertz CT molecular complexity index is 1590. The van der Waals surface area contributed by atoms with Gasteiger partial charge in [0.25, 0.3) is 5.91 Å². The average Bonchev–Trinajstić information content (AvgIpc) is 3.76. The minimum Gasteiger partial charge on any atom is -0.322 e. The third-order valence-corrected chi connectivity index (χ3v) is 6.91. The van der Waals surface area contributed by atoms with Crippen LogP contribution in [0.4, 0.5) is 29.1 Å². The molecule has 1 heterocycles. The van der Waals surface area contributed by atoms with Crippen molar-refractivity contribution in [2.24, 2.45) is 5.92 Å². The van der Waals surface area contributed by atoms with Crippen molar-refractivity contribution in [2.45, 2.75) is 31.9 Å². The normalized spacial score (nSPS) is 16.9. The van der Waals surface area contributed by atoms with Crippen molar-refractivity contribution >= 4 is 28.9 Å². The number of anilines is 2. The monoisotopic (exact) mass is 547 g/mol. The van der Waals surface area contributed by atoms with Crippen molar-refractivity contribution in [3.05, 3.63) is 119 Å². The molecule has 1 atom stereocenters. The SMILES string of the molecule is C=C1C=CC(c2cc(NC(=O)c3cc(C(F)(F)F)ccc3F)ccc2C)=CC1c1ccnc(NC(=O)C2CC2)c1. The Hall–Kier alpha value is -4.53. The van der Waals surface area contributed by atoms with Crippen LogP contribution < -0.4 is 10.6 Å². The molecule has 9 heteroatoms. The summed E-state index contributed by atoms with van der Waals surface area (Å²) in [5.74, 6) is -1.78. The number of hydrogen-bond donors (Lipinski definition) is 2. The van der Waals surface area contributed by atoms with Crippen LogP contribution in [0.15, 0.2) is 85.1 Å². The van der Waals surface area contributed by atoms with Gasteiger partial charge in [-0.1, -0.05) is 30.9 Å². The van der Waals surface area contributed by atoms with Crippen molar-refractivity contribution in [1.82, 2.24) is 4.98 Å². The summed E-state index contributed by atoms with van der Waals surface area (Å²) in [6, 6.07) is 10.4. The van der Waals surface area contributed by atoms with E-state index in [2.05, 4.69) is 22.2 Å². The lowest BCUT2D eigenvalue weighted by molar-refractivity contribution is -0.137. The lowest BCUT2D eigenvalue weighted by Crippen LogP contribution is -2.16. The molecule has 1 aromatic heterocycles. The molecule has 1 saturated carbocycles. The zero-order chi connectivity index (χ0) is 28.6. The summed E-state index contributed by atoms with van der Waals surface area (Å²) < 4.78 is 53.5. The van der Waals surface area contributed by atoms with Gasteiger partial charge < -0.3 is 10.6 Å². The molecular weight excluding hydrogens is 522 g/mol. The fraction of sp³-hybridized carbons (Fsp3) is 0.194. The second-order valence-corrected chi connectivity index (χ2v) is 9.92. The number of nitrogens with one attached hydrogen (secondary N) is 2. The molecule has 5 rings (SSSR count). The number of alkyl halides is 3. The molecule has 2 N–H and O–H groups in total. The van der Waals surface area contributed by atoms with E-state index in [4.69, 9.17) is 0 Å². The van der Waals surface area contributed by atoms with Crippen LogP contribution in [0.25, 0.3) is 5.57 Å². The van der Waals surface area contributed by atoms with Crippen LogP contribution in [-0.4, -0.2) is 16.8 Å². The van der Waals surface area contributed by atoms with Crippen LogP contribution >= 0.6 is 0 Å². The Morgan fingerprint density at radius 2 is 1.77 bits per heavy atom. The zero-order valence-corrected chi connectivity index (χ0v) is 21.5.